The molecule has 5 rings (SSSR count). The number of para-hydroxylation sites is 1. The van der Waals surface area contributed by atoms with E-state index >= 15 is 0 Å². The molecular formula is C21H25N3O3S2. The smallest absolute Gasteiger partial charge is 0.251 e. The molecule has 8 heteroatoms. The van der Waals surface area contributed by atoms with Gasteiger partial charge in [0.15, 0.2) is 0 Å². The van der Waals surface area contributed by atoms with Crippen molar-refractivity contribution in [2.24, 2.45) is 5.92 Å². The normalized spacial score (nSPS) is 23.6. The molecule has 0 radical (unpaired) electrons. The number of fused-ring (bicyclic) bond motifs is 3. The summed E-state index contributed by atoms with van der Waals surface area (Å²) in [5.74, 6) is 0.567. The summed E-state index contributed by atoms with van der Waals surface area (Å²) in [5, 5.41) is 3.21. The van der Waals surface area contributed by atoms with E-state index < -0.39 is 10.0 Å². The Bertz CT molecular complexity index is 984. The predicted molar refractivity (Wildman–Crippen MR) is 116 cm³/mol. The van der Waals surface area contributed by atoms with Crippen LogP contribution < -0.4 is 10.0 Å². The monoisotopic (exact) mass is 431 g/mol. The molecule has 154 valence electrons. The average Bonchev–Trinajstić information content (AvgIpc) is 2.70. The minimum absolute atomic E-state index is 0.0283. The molecule has 1 atom stereocenters. The van der Waals surface area contributed by atoms with Gasteiger partial charge in [0.1, 0.15) is 0 Å². The number of nitrogens with zero attached hydrogens (tertiary/aromatic N) is 1. The Hall–Kier alpha value is -2.03. The molecule has 3 heterocycles. The topological polar surface area (TPSA) is 78.5 Å². The van der Waals surface area contributed by atoms with Crippen LogP contribution in [0.1, 0.15) is 23.2 Å². The van der Waals surface area contributed by atoms with E-state index in [1.165, 1.54) is 24.6 Å². The number of carbonyl (C=O) groups is 1. The van der Waals surface area contributed by atoms with E-state index in [0.29, 0.717) is 17.2 Å². The van der Waals surface area contributed by atoms with Crippen molar-refractivity contribution in [1.29, 1.82) is 0 Å². The second-order valence-electron chi connectivity index (χ2n) is 7.71. The molecule has 3 aliphatic heterocycles. The third-order valence-electron chi connectivity index (χ3n) is 5.50. The number of hydrogen-bond donors (Lipinski definition) is 2. The van der Waals surface area contributed by atoms with Gasteiger partial charge in [-0.2, -0.15) is 0 Å². The zero-order chi connectivity index (χ0) is 20.4. The molecule has 6 nitrogen and oxygen atoms in total. The van der Waals surface area contributed by atoms with Crippen molar-refractivity contribution in [2.45, 2.75) is 28.7 Å². The Morgan fingerprint density at radius 3 is 2.38 bits per heavy atom. The van der Waals surface area contributed by atoms with Gasteiger partial charge in [0.25, 0.3) is 5.91 Å². The molecule has 3 saturated heterocycles. The molecule has 3 aliphatic rings. The lowest BCUT2D eigenvalue weighted by molar-refractivity contribution is 0.0620. The molecule has 2 N–H and O–H groups in total. The zero-order valence-corrected chi connectivity index (χ0v) is 17.9. The number of benzene rings is 2. The zero-order valence-electron chi connectivity index (χ0n) is 16.3. The van der Waals surface area contributed by atoms with Gasteiger partial charge in [-0.15, -0.1) is 0 Å². The minimum Gasteiger partial charge on any atom is -0.348 e. The highest BCUT2D eigenvalue weighted by molar-refractivity contribution is 7.99. The highest BCUT2D eigenvalue weighted by atomic mass is 32.2. The van der Waals surface area contributed by atoms with Gasteiger partial charge in [-0.25, -0.2) is 8.42 Å². The number of amides is 1. The molecule has 2 aromatic carbocycles. The van der Waals surface area contributed by atoms with E-state index in [0.717, 1.165) is 35.7 Å². The number of carbonyl (C=O) groups excluding carboxylic acids is 1. The third kappa shape index (κ3) is 5.12. The van der Waals surface area contributed by atoms with Crippen LogP contribution in [0.25, 0.3) is 0 Å². The summed E-state index contributed by atoms with van der Waals surface area (Å²) >= 11 is 1.46. The van der Waals surface area contributed by atoms with Crippen molar-refractivity contribution in [2.75, 3.05) is 30.6 Å². The Labute approximate surface area is 176 Å². The first kappa shape index (κ1) is 20.3. The van der Waals surface area contributed by atoms with E-state index in [2.05, 4.69) is 14.9 Å². The molecule has 0 saturated carbocycles. The highest BCUT2D eigenvalue weighted by Gasteiger charge is 2.34. The predicted octanol–water partition coefficient (Wildman–Crippen LogP) is 3.03. The second kappa shape index (κ2) is 8.38. The fourth-order valence-electron chi connectivity index (χ4n) is 4.02. The van der Waals surface area contributed by atoms with E-state index in [4.69, 9.17) is 0 Å². The van der Waals surface area contributed by atoms with E-state index in [-0.39, 0.29) is 11.9 Å². The first-order valence-corrected chi connectivity index (χ1v) is 12.5. The number of nitrogens with one attached hydrogen (secondary N) is 2. The van der Waals surface area contributed by atoms with Gasteiger partial charge in [0.05, 0.1) is 11.9 Å². The summed E-state index contributed by atoms with van der Waals surface area (Å²) in [4.78, 5) is 16.8. The molecule has 0 aromatic heterocycles. The maximum absolute atomic E-state index is 12.7. The molecule has 29 heavy (non-hydrogen) atoms. The molecule has 2 aromatic rings. The first-order valence-electron chi connectivity index (χ1n) is 9.75. The number of rotatable bonds is 6. The standard InChI is InChI=1S/C21H25N3O3S2/c1-29(26,27)23-18-4-2-3-5-20(18)28-17-8-6-16(7-9-17)21(25)22-19-14-24-12-10-15(19)11-13-24/h2-9,15,19,23H,10-14H2,1H3,(H,22,25)/t19-/m0/s1. The first-order chi connectivity index (χ1) is 13.9. The van der Waals surface area contributed by atoms with Gasteiger partial charge in [-0.3, -0.25) is 9.52 Å². The third-order valence-corrected chi connectivity index (χ3v) is 7.17. The summed E-state index contributed by atoms with van der Waals surface area (Å²) in [5.41, 5.74) is 1.19. The van der Waals surface area contributed by atoms with Crippen molar-refractivity contribution in [3.8, 4) is 0 Å². The van der Waals surface area contributed by atoms with Crippen LogP contribution in [-0.4, -0.2) is 51.2 Å². The largest absolute Gasteiger partial charge is 0.348 e. The minimum atomic E-state index is -3.35. The molecule has 0 unspecified atom stereocenters. The molecular weight excluding hydrogens is 406 g/mol. The van der Waals surface area contributed by atoms with Crippen molar-refractivity contribution in [3.05, 3.63) is 54.1 Å². The maximum atomic E-state index is 12.7. The van der Waals surface area contributed by atoms with Gasteiger partial charge >= 0.3 is 0 Å². The summed E-state index contributed by atoms with van der Waals surface area (Å²) in [7, 11) is -3.35. The lowest BCUT2D eigenvalue weighted by Crippen LogP contribution is -2.57. The van der Waals surface area contributed by atoms with Crippen LogP contribution in [0, 0.1) is 5.92 Å². The fourth-order valence-corrected chi connectivity index (χ4v) is 5.57. The number of hydrogen-bond acceptors (Lipinski definition) is 5. The van der Waals surface area contributed by atoms with Crippen molar-refractivity contribution < 1.29 is 13.2 Å². The molecule has 0 aliphatic carbocycles. The lowest BCUT2D eigenvalue weighted by Gasteiger charge is -2.44. The number of piperidine rings is 3. The van der Waals surface area contributed by atoms with Crippen LogP contribution in [0.2, 0.25) is 0 Å². The van der Waals surface area contributed by atoms with Crippen LogP contribution >= 0.6 is 11.8 Å². The Balaban J connectivity index is 1.41. The SMILES string of the molecule is CS(=O)(=O)Nc1ccccc1Sc1ccc(C(=O)N[C@H]2CN3CCC2CC3)cc1. The number of anilines is 1. The summed E-state index contributed by atoms with van der Waals surface area (Å²) in [6, 6.07) is 14.9. The van der Waals surface area contributed by atoms with Gasteiger partial charge in [0.2, 0.25) is 10.0 Å². The molecule has 0 spiro atoms. The summed E-state index contributed by atoms with van der Waals surface area (Å²) in [6.07, 6.45) is 3.47. The molecule has 1 amide bonds. The summed E-state index contributed by atoms with van der Waals surface area (Å²) < 4.78 is 25.7. The van der Waals surface area contributed by atoms with Gasteiger partial charge in [0, 0.05) is 27.9 Å². The quantitative estimate of drug-likeness (QED) is 0.735. The van der Waals surface area contributed by atoms with E-state index in [1.54, 1.807) is 12.1 Å². The van der Waals surface area contributed by atoms with Crippen LogP contribution in [0.5, 0.6) is 0 Å². The van der Waals surface area contributed by atoms with Crippen molar-refractivity contribution in [1.82, 2.24) is 10.2 Å². The van der Waals surface area contributed by atoms with Crippen LogP contribution in [-0.2, 0) is 10.0 Å². The Morgan fingerprint density at radius 2 is 1.76 bits per heavy atom. The lowest BCUT2D eigenvalue weighted by atomic mass is 9.84. The van der Waals surface area contributed by atoms with Crippen molar-refractivity contribution in [3.63, 3.8) is 0 Å². The van der Waals surface area contributed by atoms with E-state index in [9.17, 15) is 13.2 Å². The van der Waals surface area contributed by atoms with E-state index in [1.807, 2.05) is 36.4 Å². The van der Waals surface area contributed by atoms with Gasteiger partial charge < -0.3 is 10.2 Å². The average molecular weight is 432 g/mol. The Kier molecular flexibility index (Phi) is 5.85. The molecule has 3 fully saturated rings. The molecule has 2 bridgehead atoms. The van der Waals surface area contributed by atoms with Gasteiger partial charge in [-0.1, -0.05) is 23.9 Å². The second-order valence-corrected chi connectivity index (χ2v) is 10.6. The fraction of sp³-hybridized carbons (Fsp3) is 0.381. The van der Waals surface area contributed by atoms with Crippen LogP contribution in [0.3, 0.4) is 0 Å². The van der Waals surface area contributed by atoms with Crippen molar-refractivity contribution >= 4 is 33.4 Å². The maximum Gasteiger partial charge on any atom is 0.251 e. The van der Waals surface area contributed by atoms with Gasteiger partial charge in [-0.05, 0) is 68.2 Å². The number of sulfonamides is 1. The van der Waals surface area contributed by atoms with Crippen LogP contribution in [0.15, 0.2) is 58.3 Å². The Morgan fingerprint density at radius 1 is 1.07 bits per heavy atom. The van der Waals surface area contributed by atoms with Crippen LogP contribution in [0.4, 0.5) is 5.69 Å². The highest BCUT2D eigenvalue weighted by Crippen LogP contribution is 2.34. The summed E-state index contributed by atoms with van der Waals surface area (Å²) in [6.45, 7) is 3.26.